The SMILES string of the molecule is CCC(C)[C@@H]([C@@H](CC(=O)N1CCC[C@H]1[C@H](OC)[C@@H](C)C(=O)NC(Cc1ccccc1)C(=O)O)OC)N(C)C(=O)CC(C)COC(=O)CCCc1cc2c(O[C@@H]3O[C@H](CO)[C@H](O)[C@H](O)[C@H]3O)ccc(COC(=O)N(C)[C@H](C(N)=O)C(C)C)c2o1. The van der Waals surface area contributed by atoms with Crippen LogP contribution in [0.15, 0.2) is 52.9 Å². The molecule has 3 heterocycles. The summed E-state index contributed by atoms with van der Waals surface area (Å²) in [6.45, 7) is 10.2. The highest BCUT2D eigenvalue weighted by Crippen LogP contribution is 2.36. The molecule has 5 amide bonds. The van der Waals surface area contributed by atoms with E-state index < -0.39 is 115 Å². The maximum absolute atomic E-state index is 14.3. The minimum absolute atomic E-state index is 0.0166. The van der Waals surface area contributed by atoms with Crippen molar-refractivity contribution in [1.82, 2.24) is 20.0 Å². The number of amides is 5. The first-order valence-corrected chi connectivity index (χ1v) is 28.4. The Labute approximate surface area is 484 Å². The number of aliphatic hydroxyl groups is 4. The van der Waals surface area contributed by atoms with Crippen LogP contribution in [0.25, 0.3) is 11.0 Å². The number of likely N-dealkylation sites (N-methyl/N-ethyl adjacent to an activating group) is 2. The number of primary amides is 1. The van der Waals surface area contributed by atoms with Crippen molar-refractivity contribution in [3.63, 3.8) is 0 Å². The van der Waals surface area contributed by atoms with Gasteiger partial charge in [-0.1, -0.05) is 78.3 Å². The van der Waals surface area contributed by atoms with Gasteiger partial charge >= 0.3 is 18.0 Å². The van der Waals surface area contributed by atoms with Crippen molar-refractivity contribution >= 4 is 52.6 Å². The van der Waals surface area contributed by atoms with Crippen molar-refractivity contribution in [1.29, 1.82) is 0 Å². The van der Waals surface area contributed by atoms with Crippen LogP contribution in [0.2, 0.25) is 0 Å². The molecule has 2 aromatic carbocycles. The van der Waals surface area contributed by atoms with Crippen LogP contribution >= 0.6 is 0 Å². The van der Waals surface area contributed by atoms with E-state index in [0.29, 0.717) is 42.5 Å². The summed E-state index contributed by atoms with van der Waals surface area (Å²) < 4.78 is 40.9. The molecule has 24 heteroatoms. The molecule has 0 bridgehead atoms. The number of likely N-dealkylation sites (tertiary alicyclic amines) is 1. The number of ether oxygens (including phenoxy) is 6. The molecular weight excluding hydrogens is 1080 g/mol. The van der Waals surface area contributed by atoms with Crippen molar-refractivity contribution in [2.45, 2.75) is 173 Å². The molecule has 2 fully saturated rings. The van der Waals surface area contributed by atoms with Crippen molar-refractivity contribution in [3.05, 3.63) is 65.4 Å². The number of carbonyl (C=O) groups excluding carboxylic acids is 6. The number of nitrogens with one attached hydrogen (secondary N) is 1. The zero-order valence-corrected chi connectivity index (χ0v) is 49.3. The molecule has 0 spiro atoms. The largest absolute Gasteiger partial charge is 0.480 e. The zero-order valence-electron chi connectivity index (χ0n) is 49.3. The third-order valence-electron chi connectivity index (χ3n) is 15.9. The second kappa shape index (κ2) is 31.5. The first kappa shape index (κ1) is 67.4. The van der Waals surface area contributed by atoms with E-state index in [-0.39, 0.29) is 86.7 Å². The second-order valence-electron chi connectivity index (χ2n) is 22.3. The standard InChI is InChI=1S/C59H87N5O19/c1-11-34(5)49(43(77-9)28-46(67)64-24-16-20-41(64)53(78-10)35(6)56(73)61-40(57(74)75)26-36-17-13-12-14-18-36)62(7)45(66)25-33(4)30-79-47(68)21-15-19-38-27-39-42(82-58-52(71)51(70)50(69)44(29-65)83-58)23-22-37(54(39)81-38)31-80-59(76)63(8)48(32(2)3)55(60)72/h12-14,17-18,22-23,27,32-35,40-41,43-44,48-53,58,65,69-71H,11,15-16,19-21,24-26,28-31H2,1-10H3,(H2,60,72)(H,61,73)(H,74,75)/t33?,34?,35-,40?,41+,43-,44-,48+,49+,50+,51+,52-,53-,58-/m1/s1. The Morgan fingerprint density at radius 2 is 1.59 bits per heavy atom. The molecule has 0 aliphatic carbocycles. The number of nitrogens with zero attached hydrogens (tertiary/aromatic N) is 3. The molecule has 3 aromatic rings. The van der Waals surface area contributed by atoms with Crippen LogP contribution in [0.1, 0.15) is 103 Å². The Hall–Kier alpha value is -6.41. The van der Waals surface area contributed by atoms with Gasteiger partial charge in [-0.2, -0.15) is 0 Å². The second-order valence-corrected chi connectivity index (χ2v) is 22.3. The lowest BCUT2D eigenvalue weighted by Gasteiger charge is -2.39. The number of carboxylic acids is 1. The highest BCUT2D eigenvalue weighted by Gasteiger charge is 2.46. The fourth-order valence-corrected chi connectivity index (χ4v) is 11.1. The fourth-order valence-electron chi connectivity index (χ4n) is 11.1. The van der Waals surface area contributed by atoms with E-state index >= 15 is 0 Å². The number of fused-ring (bicyclic) bond motifs is 1. The summed E-state index contributed by atoms with van der Waals surface area (Å²) in [7, 11) is 6.02. The zero-order chi connectivity index (χ0) is 61.4. The van der Waals surface area contributed by atoms with E-state index in [4.69, 9.17) is 38.6 Å². The van der Waals surface area contributed by atoms with Gasteiger partial charge in [0.25, 0.3) is 0 Å². The number of hydrogen-bond acceptors (Lipinski definition) is 18. The van der Waals surface area contributed by atoms with Crippen molar-refractivity contribution in [3.8, 4) is 5.75 Å². The van der Waals surface area contributed by atoms with Gasteiger partial charge < -0.3 is 79.2 Å². The number of aliphatic carboxylic acids is 1. The average Bonchev–Trinajstić information content (AvgIpc) is 4.37. The molecule has 24 nitrogen and oxygen atoms in total. The topological polar surface area (TPSA) is 337 Å². The third-order valence-corrected chi connectivity index (χ3v) is 15.9. The summed E-state index contributed by atoms with van der Waals surface area (Å²) in [5.74, 6) is -4.54. The van der Waals surface area contributed by atoms with Gasteiger partial charge in [-0.25, -0.2) is 9.59 Å². The summed E-state index contributed by atoms with van der Waals surface area (Å²) in [4.78, 5) is 96.8. The minimum Gasteiger partial charge on any atom is -0.480 e. The van der Waals surface area contributed by atoms with Gasteiger partial charge in [-0.05, 0) is 60.8 Å². The smallest absolute Gasteiger partial charge is 0.410 e. The van der Waals surface area contributed by atoms with Crippen LogP contribution in [0.5, 0.6) is 5.75 Å². The van der Waals surface area contributed by atoms with Gasteiger partial charge in [0.05, 0.1) is 55.2 Å². The van der Waals surface area contributed by atoms with E-state index in [2.05, 4.69) is 5.32 Å². The van der Waals surface area contributed by atoms with Crippen molar-refractivity contribution in [2.24, 2.45) is 29.4 Å². The number of aryl methyl sites for hydroxylation is 1. The molecule has 5 rings (SSSR count). The number of methoxy groups -OCH3 is 2. The predicted molar refractivity (Wildman–Crippen MR) is 300 cm³/mol. The molecule has 2 saturated heterocycles. The molecule has 2 aliphatic heterocycles. The maximum Gasteiger partial charge on any atom is 0.410 e. The molecular formula is C59H87N5O19. The van der Waals surface area contributed by atoms with Gasteiger partial charge in [0.2, 0.25) is 29.9 Å². The van der Waals surface area contributed by atoms with Crippen molar-refractivity contribution < 1.29 is 91.9 Å². The summed E-state index contributed by atoms with van der Waals surface area (Å²) in [5.41, 5.74) is 6.89. The number of carboxylic acid groups (broad SMARTS) is 1. The summed E-state index contributed by atoms with van der Waals surface area (Å²) in [5, 5.41) is 54.1. The number of nitrogens with two attached hydrogens (primary N) is 1. The lowest BCUT2D eigenvalue weighted by atomic mass is 9.90. The molecule has 8 N–H and O–H groups in total. The van der Waals surface area contributed by atoms with Crippen LogP contribution in [-0.2, 0) is 71.9 Å². The molecule has 2 aliphatic rings. The van der Waals surface area contributed by atoms with Gasteiger partial charge in [-0.15, -0.1) is 0 Å². The fraction of sp³-hybridized carbons (Fsp3) is 0.644. The Morgan fingerprint density at radius 3 is 2.20 bits per heavy atom. The first-order valence-electron chi connectivity index (χ1n) is 28.4. The molecule has 14 atom stereocenters. The molecule has 83 heavy (non-hydrogen) atoms. The first-order chi connectivity index (χ1) is 39.4. The average molecular weight is 1170 g/mol. The predicted octanol–water partition coefficient (Wildman–Crippen LogP) is 3.31. The number of rotatable bonds is 31. The van der Waals surface area contributed by atoms with Crippen LogP contribution in [0.4, 0.5) is 4.79 Å². The highest BCUT2D eigenvalue weighted by molar-refractivity contribution is 5.88. The minimum atomic E-state index is -1.72. The number of hydrogen-bond donors (Lipinski definition) is 7. The Kier molecular flexibility index (Phi) is 25.6. The third kappa shape index (κ3) is 17.6. The lowest BCUT2D eigenvalue weighted by molar-refractivity contribution is -0.277. The summed E-state index contributed by atoms with van der Waals surface area (Å²) >= 11 is 0. The number of aliphatic hydroxyl groups excluding tert-OH is 4. The van der Waals surface area contributed by atoms with Gasteiger partial charge in [0, 0.05) is 66.1 Å². The van der Waals surface area contributed by atoms with Crippen LogP contribution < -0.4 is 15.8 Å². The molecule has 3 unspecified atom stereocenters. The number of benzene rings is 2. The highest BCUT2D eigenvalue weighted by atomic mass is 16.7. The van der Waals surface area contributed by atoms with E-state index in [1.807, 2.05) is 19.9 Å². The summed E-state index contributed by atoms with van der Waals surface area (Å²) in [6, 6.07) is 10.5. The Morgan fingerprint density at radius 1 is 0.892 bits per heavy atom. The van der Waals surface area contributed by atoms with E-state index in [9.17, 15) is 59.1 Å². The number of furan rings is 1. The van der Waals surface area contributed by atoms with E-state index in [1.165, 1.54) is 33.4 Å². The molecule has 0 radical (unpaired) electrons. The molecule has 0 saturated carbocycles. The normalized spacial score (nSPS) is 21.9. The number of carbonyl (C=O) groups is 7. The van der Waals surface area contributed by atoms with E-state index in [1.54, 1.807) is 74.9 Å². The van der Waals surface area contributed by atoms with Gasteiger partial charge in [0.1, 0.15) is 60.2 Å². The lowest BCUT2D eigenvalue weighted by Crippen LogP contribution is -2.60. The Balaban J connectivity index is 1.18. The maximum atomic E-state index is 14.3. The van der Waals surface area contributed by atoms with Crippen molar-refractivity contribution in [2.75, 3.05) is 48.1 Å². The van der Waals surface area contributed by atoms with E-state index in [0.717, 1.165) is 10.5 Å². The van der Waals surface area contributed by atoms with Crippen LogP contribution in [0.3, 0.4) is 0 Å². The van der Waals surface area contributed by atoms with Gasteiger partial charge in [-0.3, -0.25) is 28.9 Å². The monoisotopic (exact) mass is 1170 g/mol. The molecule has 462 valence electrons. The van der Waals surface area contributed by atoms with Gasteiger partial charge in [0.15, 0.2) is 0 Å². The molecule has 1 aromatic heterocycles. The van der Waals surface area contributed by atoms with Crippen LogP contribution in [-0.4, -0.2) is 197 Å². The van der Waals surface area contributed by atoms with Crippen LogP contribution in [0, 0.1) is 23.7 Å². The number of esters is 1. The quantitative estimate of drug-likeness (QED) is 0.0454. The Bertz CT molecular complexity index is 2630. The summed E-state index contributed by atoms with van der Waals surface area (Å²) in [6.07, 6.45) is -7.76.